The number of ether oxygens (including phenoxy) is 1. The summed E-state index contributed by atoms with van der Waals surface area (Å²) in [6.45, 7) is 0. The van der Waals surface area contributed by atoms with Crippen LogP contribution in [0.4, 0.5) is 4.39 Å². The van der Waals surface area contributed by atoms with Crippen LogP contribution in [-0.4, -0.2) is 18.3 Å². The van der Waals surface area contributed by atoms with Gasteiger partial charge in [-0.05, 0) is 37.0 Å². The van der Waals surface area contributed by atoms with Crippen LogP contribution in [0.1, 0.15) is 37.3 Å². The first-order valence-corrected chi connectivity index (χ1v) is 6.40. The molecule has 0 amide bonds. The Kier molecular flexibility index (Phi) is 4.19. The summed E-state index contributed by atoms with van der Waals surface area (Å²) >= 11 is 0. The molecule has 0 spiro atoms. The average molecular weight is 253 g/mol. The van der Waals surface area contributed by atoms with Gasteiger partial charge in [-0.1, -0.05) is 12.8 Å². The fraction of sp³-hybridized carbons (Fsp3) is 0.571. The minimum Gasteiger partial charge on any atom is -0.496 e. The second-order valence-corrected chi connectivity index (χ2v) is 4.95. The number of rotatable bonds is 4. The van der Waals surface area contributed by atoms with Crippen LogP contribution in [0.15, 0.2) is 18.2 Å². The van der Waals surface area contributed by atoms with E-state index in [0.717, 1.165) is 25.7 Å². The van der Waals surface area contributed by atoms with Gasteiger partial charge in [0.2, 0.25) is 0 Å². The summed E-state index contributed by atoms with van der Waals surface area (Å²) in [4.78, 5) is 0. The second-order valence-electron chi connectivity index (χ2n) is 4.95. The van der Waals surface area contributed by atoms with Crippen LogP contribution in [-0.2, 0) is 0 Å². The monoisotopic (exact) mass is 253 g/mol. The van der Waals surface area contributed by atoms with Crippen molar-refractivity contribution in [3.63, 3.8) is 0 Å². The maximum atomic E-state index is 13.3. The first-order chi connectivity index (χ1) is 8.63. The Morgan fingerprint density at radius 1 is 1.39 bits per heavy atom. The quantitative estimate of drug-likeness (QED) is 0.866. The molecule has 4 heteroatoms. The van der Waals surface area contributed by atoms with Crippen LogP contribution in [0, 0.1) is 11.7 Å². The molecule has 0 unspecified atom stereocenters. The summed E-state index contributed by atoms with van der Waals surface area (Å²) < 4.78 is 18.5. The van der Waals surface area contributed by atoms with Gasteiger partial charge in [0, 0.05) is 5.56 Å². The summed E-state index contributed by atoms with van der Waals surface area (Å²) in [6, 6.07) is 3.63. The van der Waals surface area contributed by atoms with Crippen molar-refractivity contribution in [2.45, 2.75) is 37.8 Å². The molecule has 2 rings (SSSR count). The Labute approximate surface area is 107 Å². The molecule has 0 radical (unpaired) electrons. The molecule has 1 saturated carbocycles. The normalized spacial score (nSPS) is 19.8. The first kappa shape index (κ1) is 13.3. The Hall–Kier alpha value is -1.13. The number of aliphatic hydroxyl groups excluding tert-OH is 1. The lowest BCUT2D eigenvalue weighted by molar-refractivity contribution is 0.0835. The molecule has 1 aromatic rings. The van der Waals surface area contributed by atoms with E-state index >= 15 is 0 Å². The summed E-state index contributed by atoms with van der Waals surface area (Å²) in [5.41, 5.74) is 6.61. The van der Waals surface area contributed by atoms with E-state index in [9.17, 15) is 9.50 Å². The third-order valence-electron chi connectivity index (χ3n) is 3.80. The third-order valence-corrected chi connectivity index (χ3v) is 3.80. The number of aliphatic hydroxyl groups is 1. The maximum absolute atomic E-state index is 13.3. The van der Waals surface area contributed by atoms with Crippen molar-refractivity contribution in [3.8, 4) is 5.75 Å². The molecule has 1 aromatic carbocycles. The van der Waals surface area contributed by atoms with E-state index in [0.29, 0.717) is 11.3 Å². The zero-order chi connectivity index (χ0) is 13.1. The van der Waals surface area contributed by atoms with Crippen LogP contribution < -0.4 is 10.5 Å². The SMILES string of the molecule is COc1ccc(F)cc1[C@H](N)[C@H](O)C1CCCC1. The van der Waals surface area contributed by atoms with Gasteiger partial charge in [0.15, 0.2) is 0 Å². The Bertz CT molecular complexity index is 405. The topological polar surface area (TPSA) is 55.5 Å². The molecule has 3 nitrogen and oxygen atoms in total. The smallest absolute Gasteiger partial charge is 0.123 e. The van der Waals surface area contributed by atoms with Crippen molar-refractivity contribution in [2.24, 2.45) is 11.7 Å². The Morgan fingerprint density at radius 2 is 2.06 bits per heavy atom. The largest absolute Gasteiger partial charge is 0.496 e. The van der Waals surface area contributed by atoms with Crippen LogP contribution in [0.25, 0.3) is 0 Å². The molecule has 0 saturated heterocycles. The van der Waals surface area contributed by atoms with E-state index in [1.54, 1.807) is 6.07 Å². The number of benzene rings is 1. The van der Waals surface area contributed by atoms with Gasteiger partial charge in [-0.15, -0.1) is 0 Å². The summed E-state index contributed by atoms with van der Waals surface area (Å²) in [6.07, 6.45) is 3.62. The van der Waals surface area contributed by atoms with Gasteiger partial charge in [-0.3, -0.25) is 0 Å². The number of hydrogen-bond donors (Lipinski definition) is 2. The molecule has 3 N–H and O–H groups in total. The molecule has 0 bridgehead atoms. The lowest BCUT2D eigenvalue weighted by Gasteiger charge is -2.25. The molecule has 1 fully saturated rings. The first-order valence-electron chi connectivity index (χ1n) is 6.40. The summed E-state index contributed by atoms with van der Waals surface area (Å²) in [5, 5.41) is 10.3. The van der Waals surface area contributed by atoms with Gasteiger partial charge in [-0.25, -0.2) is 4.39 Å². The Balaban J connectivity index is 2.21. The highest BCUT2D eigenvalue weighted by Gasteiger charge is 2.30. The van der Waals surface area contributed by atoms with Gasteiger partial charge < -0.3 is 15.6 Å². The number of methoxy groups -OCH3 is 1. The maximum Gasteiger partial charge on any atom is 0.123 e. The molecule has 0 aliphatic heterocycles. The average Bonchev–Trinajstić information content (AvgIpc) is 2.90. The van der Waals surface area contributed by atoms with Crippen LogP contribution >= 0.6 is 0 Å². The van der Waals surface area contributed by atoms with Crippen molar-refractivity contribution in [1.82, 2.24) is 0 Å². The van der Waals surface area contributed by atoms with Crippen molar-refractivity contribution in [2.75, 3.05) is 7.11 Å². The highest BCUT2D eigenvalue weighted by Crippen LogP contribution is 2.35. The van der Waals surface area contributed by atoms with Gasteiger partial charge in [0.05, 0.1) is 19.3 Å². The summed E-state index contributed by atoms with van der Waals surface area (Å²) in [7, 11) is 1.52. The van der Waals surface area contributed by atoms with Crippen molar-refractivity contribution in [1.29, 1.82) is 0 Å². The van der Waals surface area contributed by atoms with Crippen LogP contribution in [0.5, 0.6) is 5.75 Å². The molecule has 1 aliphatic carbocycles. The second kappa shape index (κ2) is 5.67. The molecular formula is C14H20FNO2. The van der Waals surface area contributed by atoms with Crippen molar-refractivity contribution in [3.05, 3.63) is 29.6 Å². The molecular weight excluding hydrogens is 233 g/mol. The van der Waals surface area contributed by atoms with E-state index in [-0.39, 0.29) is 11.7 Å². The molecule has 0 heterocycles. The van der Waals surface area contributed by atoms with E-state index in [4.69, 9.17) is 10.5 Å². The van der Waals surface area contributed by atoms with Gasteiger partial charge in [-0.2, -0.15) is 0 Å². The predicted molar refractivity (Wildman–Crippen MR) is 67.8 cm³/mol. The number of nitrogens with two attached hydrogens (primary N) is 1. The zero-order valence-electron chi connectivity index (χ0n) is 10.6. The molecule has 18 heavy (non-hydrogen) atoms. The zero-order valence-corrected chi connectivity index (χ0v) is 10.6. The van der Waals surface area contributed by atoms with Gasteiger partial charge >= 0.3 is 0 Å². The van der Waals surface area contributed by atoms with Crippen LogP contribution in [0.2, 0.25) is 0 Å². The fourth-order valence-corrected chi connectivity index (χ4v) is 2.74. The van der Waals surface area contributed by atoms with Gasteiger partial charge in [0.1, 0.15) is 11.6 Å². The minimum absolute atomic E-state index is 0.216. The molecule has 1 aliphatic rings. The van der Waals surface area contributed by atoms with Crippen molar-refractivity contribution < 1.29 is 14.2 Å². The fourth-order valence-electron chi connectivity index (χ4n) is 2.74. The molecule has 2 atom stereocenters. The molecule has 0 aromatic heterocycles. The van der Waals surface area contributed by atoms with Crippen LogP contribution in [0.3, 0.4) is 0 Å². The number of hydrogen-bond acceptors (Lipinski definition) is 3. The minimum atomic E-state index is -0.636. The van der Waals surface area contributed by atoms with E-state index < -0.39 is 12.1 Å². The van der Waals surface area contributed by atoms with E-state index in [1.165, 1.54) is 19.2 Å². The number of halogens is 1. The Morgan fingerprint density at radius 3 is 2.67 bits per heavy atom. The van der Waals surface area contributed by atoms with Crippen molar-refractivity contribution >= 4 is 0 Å². The standard InChI is InChI=1S/C14H20FNO2/c1-18-12-7-6-10(15)8-11(12)13(16)14(17)9-4-2-3-5-9/h6-9,13-14,17H,2-5,16H2,1H3/t13-,14+/m0/s1. The predicted octanol–water partition coefficient (Wildman–Crippen LogP) is 2.39. The lowest BCUT2D eigenvalue weighted by Crippen LogP contribution is -2.32. The lowest BCUT2D eigenvalue weighted by atomic mass is 9.90. The highest BCUT2D eigenvalue weighted by atomic mass is 19.1. The van der Waals surface area contributed by atoms with E-state index in [1.807, 2.05) is 0 Å². The van der Waals surface area contributed by atoms with E-state index in [2.05, 4.69) is 0 Å². The van der Waals surface area contributed by atoms with Gasteiger partial charge in [0.25, 0.3) is 0 Å². The highest BCUT2D eigenvalue weighted by molar-refractivity contribution is 5.37. The molecule has 100 valence electrons. The summed E-state index contributed by atoms with van der Waals surface area (Å²) in [5.74, 6) is 0.383. The third kappa shape index (κ3) is 2.65.